The minimum Gasteiger partial charge on any atom is -0.368 e. The summed E-state index contributed by atoms with van der Waals surface area (Å²) in [5.41, 5.74) is 0.837. The molecule has 2 rings (SSSR count). The second-order valence-electron chi connectivity index (χ2n) is 3.88. The Hall–Kier alpha value is -1.07. The van der Waals surface area contributed by atoms with Gasteiger partial charge in [-0.2, -0.15) is 0 Å². The summed E-state index contributed by atoms with van der Waals surface area (Å²) in [6, 6.07) is 7.22. The minimum atomic E-state index is -3.06. The number of hydrogen-bond donors (Lipinski definition) is 1. The first-order valence-electron chi connectivity index (χ1n) is 5.36. The fraction of sp³-hybridized carbons (Fsp3) is 0.455. The van der Waals surface area contributed by atoms with Gasteiger partial charge in [-0.05, 0) is 19.2 Å². The van der Waals surface area contributed by atoms with Crippen LogP contribution in [0, 0.1) is 0 Å². The van der Waals surface area contributed by atoms with Crippen LogP contribution >= 0.6 is 0 Å². The van der Waals surface area contributed by atoms with Gasteiger partial charge < -0.3 is 10.2 Å². The van der Waals surface area contributed by atoms with Crippen molar-refractivity contribution in [3.05, 3.63) is 24.3 Å². The quantitative estimate of drug-likeness (QED) is 0.836. The smallest absolute Gasteiger partial charge is 0.182 e. The third-order valence-electron chi connectivity index (χ3n) is 2.80. The fourth-order valence-corrected chi connectivity index (χ4v) is 3.40. The average molecular weight is 240 g/mol. The number of anilines is 1. The fourth-order valence-electron chi connectivity index (χ4n) is 1.92. The molecule has 4 nitrogen and oxygen atoms in total. The highest BCUT2D eigenvalue weighted by Gasteiger charge is 2.27. The summed E-state index contributed by atoms with van der Waals surface area (Å²) in [5.74, 6) is 0.216. The molecule has 1 N–H and O–H groups in total. The zero-order valence-corrected chi connectivity index (χ0v) is 10.1. The first-order valence-corrected chi connectivity index (χ1v) is 7.02. The Bertz CT molecular complexity index is 471. The van der Waals surface area contributed by atoms with Gasteiger partial charge in [-0.15, -0.1) is 0 Å². The lowest BCUT2D eigenvalue weighted by Gasteiger charge is -2.30. The van der Waals surface area contributed by atoms with E-state index < -0.39 is 9.84 Å². The van der Waals surface area contributed by atoms with Gasteiger partial charge in [-0.1, -0.05) is 12.1 Å². The van der Waals surface area contributed by atoms with Crippen LogP contribution in [0.25, 0.3) is 0 Å². The molecule has 0 radical (unpaired) electrons. The molecule has 0 amide bonds. The Morgan fingerprint density at radius 2 is 2.12 bits per heavy atom. The predicted octanol–water partition coefficient (Wildman–Crippen LogP) is 0.500. The molecule has 0 bridgehead atoms. The first kappa shape index (κ1) is 11.4. The molecule has 0 spiro atoms. The van der Waals surface area contributed by atoms with Gasteiger partial charge in [0.05, 0.1) is 16.3 Å². The standard InChI is InChI=1S/C11H16N2O2S/c1-12-6-7-13-8-9-16(14,15)11-5-3-2-4-10(11)13/h2-5,12H,6-9H2,1H3. The van der Waals surface area contributed by atoms with E-state index >= 15 is 0 Å². The van der Waals surface area contributed by atoms with Gasteiger partial charge in [-0.25, -0.2) is 8.42 Å². The van der Waals surface area contributed by atoms with Gasteiger partial charge in [0, 0.05) is 19.6 Å². The molecular formula is C11H16N2O2S. The van der Waals surface area contributed by atoms with Crippen molar-refractivity contribution in [2.24, 2.45) is 0 Å². The number of sulfone groups is 1. The molecule has 1 aliphatic heterocycles. The number of rotatable bonds is 3. The van der Waals surface area contributed by atoms with Crippen molar-refractivity contribution in [2.75, 3.05) is 37.3 Å². The highest BCUT2D eigenvalue weighted by atomic mass is 32.2. The topological polar surface area (TPSA) is 49.4 Å². The molecule has 1 aromatic carbocycles. The van der Waals surface area contributed by atoms with Gasteiger partial charge in [0.2, 0.25) is 0 Å². The summed E-state index contributed by atoms with van der Waals surface area (Å²) in [4.78, 5) is 2.59. The Labute approximate surface area is 96.2 Å². The van der Waals surface area contributed by atoms with Gasteiger partial charge in [0.15, 0.2) is 9.84 Å². The van der Waals surface area contributed by atoms with Crippen LogP contribution in [0.2, 0.25) is 0 Å². The van der Waals surface area contributed by atoms with Gasteiger partial charge in [-0.3, -0.25) is 0 Å². The molecule has 0 saturated heterocycles. The second-order valence-corrected chi connectivity index (χ2v) is 5.95. The Balaban J connectivity index is 2.36. The summed E-state index contributed by atoms with van der Waals surface area (Å²) in [6.07, 6.45) is 0. The van der Waals surface area contributed by atoms with E-state index in [-0.39, 0.29) is 5.75 Å². The highest BCUT2D eigenvalue weighted by molar-refractivity contribution is 7.91. The maximum Gasteiger partial charge on any atom is 0.182 e. The van der Waals surface area contributed by atoms with E-state index in [1.165, 1.54) is 0 Å². The van der Waals surface area contributed by atoms with Gasteiger partial charge >= 0.3 is 0 Å². The minimum absolute atomic E-state index is 0.216. The van der Waals surface area contributed by atoms with E-state index in [4.69, 9.17) is 0 Å². The maximum atomic E-state index is 11.9. The van der Waals surface area contributed by atoms with E-state index in [2.05, 4.69) is 10.2 Å². The highest BCUT2D eigenvalue weighted by Crippen LogP contribution is 2.29. The van der Waals surface area contributed by atoms with Crippen molar-refractivity contribution in [3.8, 4) is 0 Å². The molecular weight excluding hydrogens is 224 g/mol. The molecule has 0 aromatic heterocycles. The van der Waals surface area contributed by atoms with Crippen molar-refractivity contribution < 1.29 is 8.42 Å². The van der Waals surface area contributed by atoms with Crippen molar-refractivity contribution in [1.29, 1.82) is 0 Å². The van der Waals surface area contributed by atoms with Crippen LogP contribution < -0.4 is 10.2 Å². The number of likely N-dealkylation sites (N-methyl/N-ethyl adjacent to an activating group) is 1. The van der Waals surface area contributed by atoms with E-state index in [0.29, 0.717) is 11.4 Å². The Morgan fingerprint density at radius 1 is 1.38 bits per heavy atom. The largest absolute Gasteiger partial charge is 0.368 e. The van der Waals surface area contributed by atoms with Crippen LogP contribution in [0.1, 0.15) is 0 Å². The lowest BCUT2D eigenvalue weighted by molar-refractivity contribution is 0.588. The lowest BCUT2D eigenvalue weighted by Crippen LogP contribution is -2.38. The Kier molecular flexibility index (Phi) is 3.16. The second kappa shape index (κ2) is 4.43. The van der Waals surface area contributed by atoms with Crippen LogP contribution in [0.3, 0.4) is 0 Å². The molecule has 1 heterocycles. The summed E-state index contributed by atoms with van der Waals surface area (Å²) < 4.78 is 23.7. The molecule has 1 aromatic rings. The van der Waals surface area contributed by atoms with Gasteiger partial charge in [0.25, 0.3) is 0 Å². The zero-order chi connectivity index (χ0) is 11.6. The summed E-state index contributed by atoms with van der Waals surface area (Å²) in [6.45, 7) is 2.28. The molecule has 0 unspecified atom stereocenters. The van der Waals surface area contributed by atoms with Crippen molar-refractivity contribution in [1.82, 2.24) is 5.32 Å². The van der Waals surface area contributed by atoms with Crippen LogP contribution in [-0.2, 0) is 9.84 Å². The molecule has 0 atom stereocenters. The summed E-state index contributed by atoms with van der Waals surface area (Å²) in [5, 5.41) is 3.08. The predicted molar refractivity (Wildman–Crippen MR) is 64.6 cm³/mol. The molecule has 88 valence electrons. The summed E-state index contributed by atoms with van der Waals surface area (Å²) >= 11 is 0. The number of hydrogen-bond acceptors (Lipinski definition) is 4. The van der Waals surface area contributed by atoms with Crippen LogP contribution in [-0.4, -0.2) is 40.9 Å². The van der Waals surface area contributed by atoms with Crippen molar-refractivity contribution in [3.63, 3.8) is 0 Å². The molecule has 5 heteroatoms. The van der Waals surface area contributed by atoms with Crippen molar-refractivity contribution >= 4 is 15.5 Å². The van der Waals surface area contributed by atoms with Gasteiger partial charge in [0.1, 0.15) is 0 Å². The molecule has 0 aliphatic carbocycles. The van der Waals surface area contributed by atoms with E-state index in [1.807, 2.05) is 19.2 Å². The van der Waals surface area contributed by atoms with E-state index in [1.54, 1.807) is 12.1 Å². The average Bonchev–Trinajstić information content (AvgIpc) is 2.29. The number of benzene rings is 1. The number of nitrogens with one attached hydrogen (secondary N) is 1. The summed E-state index contributed by atoms with van der Waals surface area (Å²) in [7, 11) is -1.17. The van der Waals surface area contributed by atoms with Crippen LogP contribution in [0.4, 0.5) is 5.69 Å². The van der Waals surface area contributed by atoms with E-state index in [0.717, 1.165) is 18.8 Å². The number of para-hydroxylation sites is 1. The number of nitrogens with zero attached hydrogens (tertiary/aromatic N) is 1. The molecule has 0 fully saturated rings. The zero-order valence-electron chi connectivity index (χ0n) is 9.31. The lowest BCUT2D eigenvalue weighted by atomic mass is 10.2. The molecule has 16 heavy (non-hydrogen) atoms. The van der Waals surface area contributed by atoms with Crippen molar-refractivity contribution in [2.45, 2.75) is 4.90 Å². The Morgan fingerprint density at radius 3 is 2.88 bits per heavy atom. The third kappa shape index (κ3) is 2.05. The van der Waals surface area contributed by atoms with E-state index in [9.17, 15) is 8.42 Å². The first-order chi connectivity index (χ1) is 7.65. The normalized spacial score (nSPS) is 18.2. The number of fused-ring (bicyclic) bond motifs is 1. The van der Waals surface area contributed by atoms with Crippen LogP contribution in [0.15, 0.2) is 29.2 Å². The van der Waals surface area contributed by atoms with Crippen LogP contribution in [0.5, 0.6) is 0 Å². The molecule has 1 aliphatic rings. The molecule has 0 saturated carbocycles. The monoisotopic (exact) mass is 240 g/mol. The third-order valence-corrected chi connectivity index (χ3v) is 4.54. The maximum absolute atomic E-state index is 11.9. The SMILES string of the molecule is CNCCN1CCS(=O)(=O)c2ccccc21.